The molecule has 0 aromatic rings. The number of hydrogen-bond donors (Lipinski definition) is 1. The summed E-state index contributed by atoms with van der Waals surface area (Å²) >= 11 is 0. The second-order valence-corrected chi connectivity index (χ2v) is 4.89. The van der Waals surface area contributed by atoms with Crippen molar-refractivity contribution in [2.24, 2.45) is 0 Å². The lowest BCUT2D eigenvalue weighted by atomic mass is 10.3. The second-order valence-electron chi connectivity index (χ2n) is 4.89. The van der Waals surface area contributed by atoms with Crippen LogP contribution in [-0.4, -0.2) is 70.3 Å². The summed E-state index contributed by atoms with van der Waals surface area (Å²) in [6, 6.07) is 0. The van der Waals surface area contributed by atoms with Crippen molar-refractivity contribution in [3.05, 3.63) is 24.8 Å². The first kappa shape index (κ1) is 13.1. The standard InChI is InChI=1S/C13H24N4O/c1-3-14-5-7-16(11-14)9-13(18)10-17-8-6-15(4-2)12-17/h5-8,13,18H,3-4,9-12H2,1-2H3. The number of aliphatic hydroxyl groups is 1. The van der Waals surface area contributed by atoms with Gasteiger partial charge in [0.1, 0.15) is 0 Å². The molecule has 0 aliphatic carbocycles. The van der Waals surface area contributed by atoms with E-state index in [-0.39, 0.29) is 6.10 Å². The monoisotopic (exact) mass is 252 g/mol. The lowest BCUT2D eigenvalue weighted by Crippen LogP contribution is -2.38. The van der Waals surface area contributed by atoms with E-state index in [0.29, 0.717) is 13.1 Å². The maximum Gasteiger partial charge on any atom is 0.0894 e. The van der Waals surface area contributed by atoms with Crippen molar-refractivity contribution >= 4 is 0 Å². The van der Waals surface area contributed by atoms with Gasteiger partial charge in [0.05, 0.1) is 19.4 Å². The molecule has 102 valence electrons. The minimum Gasteiger partial charge on any atom is -0.389 e. The summed E-state index contributed by atoms with van der Waals surface area (Å²) in [7, 11) is 0. The molecule has 0 amide bonds. The smallest absolute Gasteiger partial charge is 0.0894 e. The summed E-state index contributed by atoms with van der Waals surface area (Å²) in [5.41, 5.74) is 0. The number of hydrogen-bond acceptors (Lipinski definition) is 5. The van der Waals surface area contributed by atoms with Crippen LogP contribution >= 0.6 is 0 Å². The average Bonchev–Trinajstić information content (AvgIpc) is 2.98. The highest BCUT2D eigenvalue weighted by molar-refractivity contribution is 4.93. The molecule has 0 atom stereocenters. The number of β-amino-alcohol motifs (C(OH)–C–C–N with tert-alkyl or cyclic N) is 1. The summed E-state index contributed by atoms with van der Waals surface area (Å²) < 4.78 is 0. The third kappa shape index (κ3) is 3.32. The quantitative estimate of drug-likeness (QED) is 0.743. The van der Waals surface area contributed by atoms with Crippen molar-refractivity contribution < 1.29 is 5.11 Å². The van der Waals surface area contributed by atoms with Crippen LogP contribution in [-0.2, 0) is 0 Å². The molecule has 2 aliphatic rings. The van der Waals surface area contributed by atoms with Crippen LogP contribution in [0.1, 0.15) is 13.8 Å². The molecule has 2 aliphatic heterocycles. The second kappa shape index (κ2) is 6.00. The highest BCUT2D eigenvalue weighted by Gasteiger charge is 2.18. The van der Waals surface area contributed by atoms with Crippen LogP contribution in [0.2, 0.25) is 0 Å². The molecule has 5 nitrogen and oxygen atoms in total. The lowest BCUT2D eigenvalue weighted by molar-refractivity contribution is 0.0912. The van der Waals surface area contributed by atoms with Gasteiger partial charge < -0.3 is 24.7 Å². The van der Waals surface area contributed by atoms with Crippen LogP contribution in [0.5, 0.6) is 0 Å². The molecule has 2 rings (SSSR count). The summed E-state index contributed by atoms with van der Waals surface area (Å²) in [5, 5.41) is 10.1. The molecule has 0 saturated carbocycles. The Morgan fingerprint density at radius 2 is 1.22 bits per heavy atom. The predicted octanol–water partition coefficient (Wildman–Crippen LogP) is 0.480. The van der Waals surface area contributed by atoms with E-state index in [1.165, 1.54) is 0 Å². The molecule has 0 bridgehead atoms. The number of aliphatic hydroxyl groups excluding tert-OH is 1. The van der Waals surface area contributed by atoms with Crippen molar-refractivity contribution in [1.29, 1.82) is 0 Å². The molecular weight excluding hydrogens is 228 g/mol. The largest absolute Gasteiger partial charge is 0.389 e. The fraction of sp³-hybridized carbons (Fsp3) is 0.692. The van der Waals surface area contributed by atoms with Gasteiger partial charge in [0.25, 0.3) is 0 Å². The number of nitrogens with zero attached hydrogens (tertiary/aromatic N) is 4. The zero-order chi connectivity index (χ0) is 13.0. The van der Waals surface area contributed by atoms with Crippen molar-refractivity contribution in [1.82, 2.24) is 19.6 Å². The maximum absolute atomic E-state index is 10.1. The fourth-order valence-corrected chi connectivity index (χ4v) is 2.28. The van der Waals surface area contributed by atoms with Crippen molar-refractivity contribution in [2.45, 2.75) is 20.0 Å². The predicted molar refractivity (Wildman–Crippen MR) is 72.2 cm³/mol. The highest BCUT2D eigenvalue weighted by atomic mass is 16.3. The maximum atomic E-state index is 10.1. The van der Waals surface area contributed by atoms with Gasteiger partial charge in [-0.3, -0.25) is 0 Å². The zero-order valence-corrected chi connectivity index (χ0v) is 11.4. The molecule has 0 aromatic carbocycles. The van der Waals surface area contributed by atoms with E-state index in [1.807, 2.05) is 0 Å². The van der Waals surface area contributed by atoms with E-state index >= 15 is 0 Å². The summed E-state index contributed by atoms with van der Waals surface area (Å²) in [6.07, 6.45) is 7.98. The highest BCUT2D eigenvalue weighted by Crippen LogP contribution is 2.10. The molecule has 0 spiro atoms. The van der Waals surface area contributed by atoms with Crippen molar-refractivity contribution in [3.8, 4) is 0 Å². The van der Waals surface area contributed by atoms with Crippen LogP contribution in [0.15, 0.2) is 24.8 Å². The van der Waals surface area contributed by atoms with E-state index in [2.05, 4.69) is 58.2 Å². The Morgan fingerprint density at radius 1 is 0.833 bits per heavy atom. The first-order valence-electron chi connectivity index (χ1n) is 6.72. The molecule has 1 N–H and O–H groups in total. The zero-order valence-electron chi connectivity index (χ0n) is 11.4. The van der Waals surface area contributed by atoms with Crippen molar-refractivity contribution in [3.63, 3.8) is 0 Å². The van der Waals surface area contributed by atoms with Gasteiger partial charge in [0.2, 0.25) is 0 Å². The van der Waals surface area contributed by atoms with Gasteiger partial charge >= 0.3 is 0 Å². The first-order chi connectivity index (χ1) is 8.71. The minimum atomic E-state index is -0.312. The van der Waals surface area contributed by atoms with Gasteiger partial charge in [-0.1, -0.05) is 0 Å². The Balaban J connectivity index is 1.69. The lowest BCUT2D eigenvalue weighted by Gasteiger charge is -2.26. The third-order valence-corrected chi connectivity index (χ3v) is 3.41. The van der Waals surface area contributed by atoms with E-state index in [4.69, 9.17) is 0 Å². The molecule has 18 heavy (non-hydrogen) atoms. The molecule has 5 heteroatoms. The van der Waals surface area contributed by atoms with Gasteiger partial charge in [-0.05, 0) is 13.8 Å². The Bertz CT molecular complexity index is 288. The average molecular weight is 252 g/mol. The molecule has 0 fully saturated rings. The Kier molecular flexibility index (Phi) is 4.36. The Hall–Kier alpha value is -1.36. The van der Waals surface area contributed by atoms with Gasteiger partial charge in [0, 0.05) is 51.0 Å². The SMILES string of the molecule is CCN1C=CN(CC(O)CN2C=CN(CC)C2)C1. The summed E-state index contributed by atoms with van der Waals surface area (Å²) in [5.74, 6) is 0. The molecule has 0 aromatic heterocycles. The Morgan fingerprint density at radius 3 is 1.56 bits per heavy atom. The fourth-order valence-electron chi connectivity index (χ4n) is 2.28. The molecular formula is C13H24N4O. The van der Waals surface area contributed by atoms with Crippen molar-refractivity contribution in [2.75, 3.05) is 39.5 Å². The number of rotatable bonds is 6. The Labute approximate surface area is 110 Å². The summed E-state index contributed by atoms with van der Waals surface area (Å²) in [6.45, 7) is 9.49. The van der Waals surface area contributed by atoms with Crippen LogP contribution < -0.4 is 0 Å². The van der Waals surface area contributed by atoms with Crippen LogP contribution in [0.4, 0.5) is 0 Å². The van der Waals surface area contributed by atoms with E-state index in [1.54, 1.807) is 0 Å². The summed E-state index contributed by atoms with van der Waals surface area (Å²) in [4.78, 5) is 8.76. The first-order valence-corrected chi connectivity index (χ1v) is 6.72. The topological polar surface area (TPSA) is 33.2 Å². The van der Waals surface area contributed by atoms with E-state index in [9.17, 15) is 5.11 Å². The minimum absolute atomic E-state index is 0.312. The molecule has 0 saturated heterocycles. The van der Waals surface area contributed by atoms with Gasteiger partial charge in [-0.25, -0.2) is 0 Å². The van der Waals surface area contributed by atoms with E-state index < -0.39 is 0 Å². The van der Waals surface area contributed by atoms with Gasteiger partial charge in [-0.2, -0.15) is 0 Å². The molecule has 0 radical (unpaired) electrons. The normalized spacial score (nSPS) is 18.9. The molecule has 0 unspecified atom stereocenters. The third-order valence-electron chi connectivity index (χ3n) is 3.41. The van der Waals surface area contributed by atoms with Crippen LogP contribution in [0.3, 0.4) is 0 Å². The van der Waals surface area contributed by atoms with Gasteiger partial charge in [0.15, 0.2) is 0 Å². The van der Waals surface area contributed by atoms with Crippen LogP contribution in [0.25, 0.3) is 0 Å². The van der Waals surface area contributed by atoms with Gasteiger partial charge in [-0.15, -0.1) is 0 Å². The van der Waals surface area contributed by atoms with Crippen LogP contribution in [0, 0.1) is 0 Å². The molecule has 2 heterocycles. The van der Waals surface area contributed by atoms with E-state index in [0.717, 1.165) is 26.4 Å².